The maximum absolute atomic E-state index is 12.1. The van der Waals surface area contributed by atoms with Crippen LogP contribution in [0.2, 0.25) is 0 Å². The third kappa shape index (κ3) is 2.61. The van der Waals surface area contributed by atoms with Crippen LogP contribution in [0.5, 0.6) is 0 Å². The number of nitrogens with one attached hydrogen (secondary N) is 1. The van der Waals surface area contributed by atoms with Gasteiger partial charge >= 0.3 is 5.97 Å². The van der Waals surface area contributed by atoms with Crippen molar-refractivity contribution in [2.45, 2.75) is 6.92 Å². The van der Waals surface area contributed by atoms with Crippen LogP contribution in [-0.4, -0.2) is 19.0 Å². The molecule has 0 aromatic carbocycles. The number of nitrogen functional groups attached to an aromatic ring is 1. The van der Waals surface area contributed by atoms with Crippen LogP contribution in [0.25, 0.3) is 0 Å². The number of carbonyl (C=O) groups is 2. The number of esters is 1. The van der Waals surface area contributed by atoms with Gasteiger partial charge in [-0.1, -0.05) is 0 Å². The van der Waals surface area contributed by atoms with Crippen molar-refractivity contribution in [3.05, 3.63) is 32.1 Å². The second-order valence-electron chi connectivity index (χ2n) is 3.77. The van der Waals surface area contributed by atoms with Gasteiger partial charge in [-0.15, -0.1) is 22.7 Å². The van der Waals surface area contributed by atoms with Crippen molar-refractivity contribution in [3.63, 3.8) is 0 Å². The van der Waals surface area contributed by atoms with Crippen LogP contribution < -0.4 is 11.1 Å². The fourth-order valence-electron chi connectivity index (χ4n) is 1.52. The highest BCUT2D eigenvalue weighted by molar-refractivity contribution is 7.13. The number of aryl methyl sites for hydroxylation is 1. The number of thiophene rings is 2. The molecule has 0 unspecified atom stereocenters. The zero-order valence-corrected chi connectivity index (χ0v) is 12.0. The molecular weight excluding hydrogens is 284 g/mol. The number of methoxy groups -OCH3 is 1. The molecule has 2 heterocycles. The van der Waals surface area contributed by atoms with E-state index in [9.17, 15) is 9.59 Å². The summed E-state index contributed by atoms with van der Waals surface area (Å²) in [7, 11) is 1.31. The van der Waals surface area contributed by atoms with Crippen molar-refractivity contribution in [1.82, 2.24) is 0 Å². The van der Waals surface area contributed by atoms with Gasteiger partial charge in [-0.05, 0) is 29.3 Å². The number of ether oxygens (including phenoxy) is 1. The first-order valence-corrected chi connectivity index (χ1v) is 7.11. The van der Waals surface area contributed by atoms with Crippen molar-refractivity contribution < 1.29 is 14.3 Å². The van der Waals surface area contributed by atoms with Gasteiger partial charge in [-0.25, -0.2) is 4.79 Å². The first-order chi connectivity index (χ1) is 9.04. The lowest BCUT2D eigenvalue weighted by Gasteiger charge is -2.06. The van der Waals surface area contributed by atoms with E-state index in [1.807, 2.05) is 6.92 Å². The Morgan fingerprint density at radius 1 is 1.32 bits per heavy atom. The lowest BCUT2D eigenvalue weighted by molar-refractivity contribution is 0.0607. The van der Waals surface area contributed by atoms with E-state index in [2.05, 4.69) is 10.1 Å². The van der Waals surface area contributed by atoms with E-state index in [0.29, 0.717) is 21.1 Å². The molecule has 19 heavy (non-hydrogen) atoms. The molecule has 2 rings (SSSR count). The normalized spacial score (nSPS) is 10.2. The zero-order chi connectivity index (χ0) is 14.0. The van der Waals surface area contributed by atoms with Crippen LogP contribution in [0.4, 0.5) is 11.4 Å². The van der Waals surface area contributed by atoms with Gasteiger partial charge in [0.1, 0.15) is 9.75 Å². The molecule has 5 nitrogen and oxygen atoms in total. The summed E-state index contributed by atoms with van der Waals surface area (Å²) in [6.45, 7) is 1.82. The Morgan fingerprint density at radius 3 is 2.63 bits per heavy atom. The van der Waals surface area contributed by atoms with Crippen LogP contribution in [0.3, 0.4) is 0 Å². The average Bonchev–Trinajstić information content (AvgIpc) is 2.96. The largest absolute Gasteiger partial charge is 0.465 e. The lowest BCUT2D eigenvalue weighted by atomic mass is 10.2. The van der Waals surface area contributed by atoms with Crippen LogP contribution in [0, 0.1) is 6.92 Å². The Balaban J connectivity index is 2.29. The smallest absolute Gasteiger partial charge is 0.350 e. The predicted molar refractivity (Wildman–Crippen MR) is 77.1 cm³/mol. The number of nitrogens with two attached hydrogens (primary N) is 1. The molecule has 2 aromatic heterocycles. The third-order valence-corrected chi connectivity index (χ3v) is 4.49. The Labute approximate surface area is 118 Å². The fourth-order valence-corrected chi connectivity index (χ4v) is 3.15. The second kappa shape index (κ2) is 5.41. The molecule has 0 aliphatic rings. The summed E-state index contributed by atoms with van der Waals surface area (Å²) in [6.07, 6.45) is 0. The van der Waals surface area contributed by atoms with Crippen LogP contribution >= 0.6 is 22.7 Å². The summed E-state index contributed by atoms with van der Waals surface area (Å²) < 4.78 is 4.68. The lowest BCUT2D eigenvalue weighted by Crippen LogP contribution is -2.14. The molecule has 0 radical (unpaired) electrons. The van der Waals surface area contributed by atoms with Gasteiger partial charge in [0.2, 0.25) is 0 Å². The summed E-state index contributed by atoms with van der Waals surface area (Å²) in [6, 6.07) is 1.67. The molecule has 7 heteroatoms. The molecule has 0 bridgehead atoms. The Bertz CT molecular complexity index is 631. The highest BCUT2D eigenvalue weighted by Gasteiger charge is 2.20. The van der Waals surface area contributed by atoms with E-state index < -0.39 is 5.97 Å². The molecule has 0 atom stereocenters. The monoisotopic (exact) mass is 296 g/mol. The van der Waals surface area contributed by atoms with Gasteiger partial charge in [0.15, 0.2) is 0 Å². The number of anilines is 2. The Kier molecular flexibility index (Phi) is 3.87. The predicted octanol–water partition coefficient (Wildman–Crippen LogP) is 2.74. The van der Waals surface area contributed by atoms with Crippen LogP contribution in [0.1, 0.15) is 24.9 Å². The van der Waals surface area contributed by atoms with Crippen molar-refractivity contribution in [3.8, 4) is 0 Å². The van der Waals surface area contributed by atoms with Crippen molar-refractivity contribution in [2.75, 3.05) is 18.2 Å². The minimum absolute atomic E-state index is 0.320. The van der Waals surface area contributed by atoms with E-state index in [0.717, 1.165) is 5.56 Å². The maximum Gasteiger partial charge on any atom is 0.350 e. The summed E-state index contributed by atoms with van der Waals surface area (Å²) >= 11 is 2.49. The summed E-state index contributed by atoms with van der Waals surface area (Å²) in [5, 5.41) is 6.25. The van der Waals surface area contributed by atoms with Crippen LogP contribution in [0.15, 0.2) is 16.8 Å². The zero-order valence-electron chi connectivity index (χ0n) is 10.4. The molecule has 0 saturated carbocycles. The number of hydrogen-bond acceptors (Lipinski definition) is 6. The standard InChI is InChI=1S/C12H12N2O3S2/c1-6-5-19-10(12(16)17-2)8(6)14-11(15)9-7(13)3-4-18-9/h3-5H,13H2,1-2H3,(H,14,15). The van der Waals surface area contributed by atoms with Gasteiger partial charge in [-0.2, -0.15) is 0 Å². The van der Waals surface area contributed by atoms with Crippen molar-refractivity contribution in [2.24, 2.45) is 0 Å². The summed E-state index contributed by atoms with van der Waals surface area (Å²) in [5.41, 5.74) is 7.41. The van der Waals surface area contributed by atoms with Crippen LogP contribution in [-0.2, 0) is 4.74 Å². The first-order valence-electron chi connectivity index (χ1n) is 5.35. The quantitative estimate of drug-likeness (QED) is 0.853. The molecular formula is C12H12N2O3S2. The fraction of sp³-hybridized carbons (Fsp3) is 0.167. The highest BCUT2D eigenvalue weighted by Crippen LogP contribution is 2.30. The molecule has 0 fully saturated rings. The molecule has 0 spiro atoms. The SMILES string of the molecule is COC(=O)c1scc(C)c1NC(=O)c1sccc1N. The van der Waals surface area contributed by atoms with Gasteiger partial charge < -0.3 is 15.8 Å². The van der Waals surface area contributed by atoms with Gasteiger partial charge in [0, 0.05) is 0 Å². The second-order valence-corrected chi connectivity index (χ2v) is 5.57. The number of amides is 1. The molecule has 1 amide bonds. The topological polar surface area (TPSA) is 81.4 Å². The molecule has 0 saturated heterocycles. The van der Waals surface area contributed by atoms with E-state index in [-0.39, 0.29) is 5.91 Å². The Morgan fingerprint density at radius 2 is 2.05 bits per heavy atom. The van der Waals surface area contributed by atoms with E-state index >= 15 is 0 Å². The summed E-state index contributed by atoms with van der Waals surface area (Å²) in [5.74, 6) is -0.785. The molecule has 3 N–H and O–H groups in total. The van der Waals surface area contributed by atoms with Gasteiger partial charge in [0.25, 0.3) is 5.91 Å². The highest BCUT2D eigenvalue weighted by atomic mass is 32.1. The van der Waals surface area contributed by atoms with Crippen molar-refractivity contribution >= 4 is 45.9 Å². The summed E-state index contributed by atoms with van der Waals surface area (Å²) in [4.78, 5) is 24.5. The minimum atomic E-state index is -0.465. The molecule has 100 valence electrons. The number of carbonyl (C=O) groups excluding carboxylic acids is 2. The number of hydrogen-bond donors (Lipinski definition) is 2. The number of rotatable bonds is 3. The minimum Gasteiger partial charge on any atom is -0.465 e. The molecule has 2 aromatic rings. The third-order valence-electron chi connectivity index (χ3n) is 2.49. The first kappa shape index (κ1) is 13.6. The van der Waals surface area contributed by atoms with Gasteiger partial charge in [0.05, 0.1) is 18.5 Å². The molecule has 0 aliphatic heterocycles. The maximum atomic E-state index is 12.1. The van der Waals surface area contributed by atoms with Gasteiger partial charge in [-0.3, -0.25) is 4.79 Å². The van der Waals surface area contributed by atoms with Crippen molar-refractivity contribution in [1.29, 1.82) is 0 Å². The Hall–Kier alpha value is -1.86. The molecule has 0 aliphatic carbocycles. The van der Waals surface area contributed by atoms with E-state index in [4.69, 9.17) is 5.73 Å². The average molecular weight is 296 g/mol. The van der Waals surface area contributed by atoms with E-state index in [1.54, 1.807) is 16.8 Å². The van der Waals surface area contributed by atoms with E-state index in [1.165, 1.54) is 29.8 Å².